The molecule has 13 heteroatoms. The molecule has 2 aromatic heterocycles. The summed E-state index contributed by atoms with van der Waals surface area (Å²) in [5.41, 5.74) is 6.94. The molecule has 3 N–H and O–H groups in total. The highest BCUT2D eigenvalue weighted by Gasteiger charge is 2.33. The third-order valence-electron chi connectivity index (χ3n) is 8.01. The highest BCUT2D eigenvalue weighted by atomic mass is 19.2. The fourth-order valence-corrected chi connectivity index (χ4v) is 5.85. The Bertz CT molecular complexity index is 1790. The maximum Gasteiger partial charge on any atom is 0.264 e. The zero-order chi connectivity index (χ0) is 30.8. The van der Waals surface area contributed by atoms with Crippen LogP contribution in [0.5, 0.6) is 11.5 Å². The summed E-state index contributed by atoms with van der Waals surface area (Å²) in [5.74, 6) is -3.55. The molecule has 1 amide bonds. The molecule has 0 aliphatic carbocycles. The molecule has 4 heterocycles. The average Bonchev–Trinajstić information content (AvgIpc) is 3.64. The second-order valence-corrected chi connectivity index (χ2v) is 10.9. The Labute approximate surface area is 250 Å². The summed E-state index contributed by atoms with van der Waals surface area (Å²) >= 11 is 0. The summed E-state index contributed by atoms with van der Waals surface area (Å²) in [6.45, 7) is 2.40. The molecule has 2 saturated heterocycles. The summed E-state index contributed by atoms with van der Waals surface area (Å²) < 4.78 is 50.1. The molecular weight excluding hydrogens is 573 g/mol. The largest absolute Gasteiger partial charge is 0.454 e. The molecule has 2 aliphatic heterocycles. The predicted octanol–water partition coefficient (Wildman–Crippen LogP) is 4.73. The van der Waals surface area contributed by atoms with Gasteiger partial charge in [-0.15, -0.1) is 0 Å². The van der Waals surface area contributed by atoms with Gasteiger partial charge >= 0.3 is 0 Å². The van der Waals surface area contributed by atoms with E-state index in [1.54, 1.807) is 15.7 Å². The van der Waals surface area contributed by atoms with E-state index < -0.39 is 17.5 Å². The van der Waals surface area contributed by atoms with Crippen LogP contribution in [0, 0.1) is 34.7 Å². The SMILES string of the molecule is N#CC(=CC1CCCNC1)C(=O)N1CCC[C@H]1Cn1nc(-c2ccc(Oc3cccc(F)c3F)cc2F)c2c(N)ncnc21. The Morgan fingerprint density at radius 3 is 2.80 bits per heavy atom. The first-order chi connectivity index (χ1) is 21.3. The summed E-state index contributed by atoms with van der Waals surface area (Å²) in [5, 5.41) is 18.1. The van der Waals surface area contributed by atoms with E-state index in [0.717, 1.165) is 44.5 Å². The molecule has 0 spiro atoms. The molecule has 2 aromatic carbocycles. The van der Waals surface area contributed by atoms with E-state index in [1.165, 1.54) is 30.6 Å². The van der Waals surface area contributed by atoms with Gasteiger partial charge in [-0.05, 0) is 62.4 Å². The molecule has 6 rings (SSSR count). The molecule has 0 radical (unpaired) electrons. The lowest BCUT2D eigenvalue weighted by Gasteiger charge is -2.25. The number of nitrogens with two attached hydrogens (primary N) is 1. The molecular formula is C31H29F3N8O2. The summed E-state index contributed by atoms with van der Waals surface area (Å²) in [7, 11) is 0. The standard InChI is InChI=1S/C31H29F3N8O2/c32-23-6-1-7-25(27(23)34)44-21-8-9-22(24(33)13-21)28-26-29(36)38-17-39-30(26)42(40-28)16-20-5-3-11-41(20)31(43)19(14-35)12-18-4-2-10-37-15-18/h1,6-9,12-13,17-18,20,37H,2-5,10-11,15-16H2,(H2,36,38,39)/t18?,20-/m0/s1. The lowest BCUT2D eigenvalue weighted by molar-refractivity contribution is -0.127. The first kappa shape index (κ1) is 29.1. The fraction of sp³-hybridized carbons (Fsp3) is 0.323. The molecule has 10 nitrogen and oxygen atoms in total. The summed E-state index contributed by atoms with van der Waals surface area (Å²) in [6.07, 6.45) is 6.41. The number of nitrogen functional groups attached to an aromatic ring is 1. The second kappa shape index (κ2) is 12.3. The van der Waals surface area contributed by atoms with Gasteiger partial charge in [-0.3, -0.25) is 4.79 Å². The van der Waals surface area contributed by atoms with Gasteiger partial charge in [0, 0.05) is 24.7 Å². The van der Waals surface area contributed by atoms with Crippen molar-refractivity contribution in [2.24, 2.45) is 5.92 Å². The van der Waals surface area contributed by atoms with E-state index in [2.05, 4.69) is 26.5 Å². The highest BCUT2D eigenvalue weighted by molar-refractivity contribution is 5.99. The molecule has 0 bridgehead atoms. The fourth-order valence-electron chi connectivity index (χ4n) is 5.85. The molecule has 226 valence electrons. The van der Waals surface area contributed by atoms with Crippen molar-refractivity contribution in [3.63, 3.8) is 0 Å². The van der Waals surface area contributed by atoms with E-state index in [-0.39, 0.29) is 58.6 Å². The number of carbonyl (C=O) groups excluding carboxylic acids is 1. The number of hydrogen-bond acceptors (Lipinski definition) is 8. The number of hydrogen-bond donors (Lipinski definition) is 2. The Morgan fingerprint density at radius 2 is 2.02 bits per heavy atom. The number of amides is 1. The Balaban J connectivity index is 1.29. The molecule has 44 heavy (non-hydrogen) atoms. The lowest BCUT2D eigenvalue weighted by Crippen LogP contribution is -2.39. The van der Waals surface area contributed by atoms with Gasteiger partial charge in [0.05, 0.1) is 18.0 Å². The van der Waals surface area contributed by atoms with Crippen LogP contribution >= 0.6 is 0 Å². The van der Waals surface area contributed by atoms with Gasteiger partial charge in [0.25, 0.3) is 5.91 Å². The van der Waals surface area contributed by atoms with Gasteiger partial charge < -0.3 is 20.7 Å². The van der Waals surface area contributed by atoms with Crippen molar-refractivity contribution in [1.29, 1.82) is 5.26 Å². The number of nitrogens with one attached hydrogen (secondary N) is 1. The third kappa shape index (κ3) is 5.68. The topological polar surface area (TPSA) is 135 Å². The molecule has 2 aliphatic rings. The maximum atomic E-state index is 15.5. The van der Waals surface area contributed by atoms with Gasteiger partial charge in [-0.1, -0.05) is 12.1 Å². The molecule has 2 atom stereocenters. The average molecular weight is 603 g/mol. The van der Waals surface area contributed by atoms with E-state index >= 15 is 4.39 Å². The van der Waals surface area contributed by atoms with Crippen LogP contribution in [-0.4, -0.2) is 56.2 Å². The Hall–Kier alpha value is -4.96. The minimum absolute atomic E-state index is 0.0471. The maximum absolute atomic E-state index is 15.5. The summed E-state index contributed by atoms with van der Waals surface area (Å²) in [4.78, 5) is 23.6. The number of halogens is 3. The quantitative estimate of drug-likeness (QED) is 0.229. The normalized spacial score (nSPS) is 18.9. The number of ether oxygens (including phenoxy) is 1. The molecule has 2 fully saturated rings. The van der Waals surface area contributed by atoms with Gasteiger partial charge in [-0.2, -0.15) is 14.8 Å². The minimum Gasteiger partial charge on any atom is -0.454 e. The summed E-state index contributed by atoms with van der Waals surface area (Å²) in [6, 6.07) is 9.13. The van der Waals surface area contributed by atoms with Gasteiger partial charge in [0.15, 0.2) is 17.2 Å². The van der Waals surface area contributed by atoms with Crippen molar-refractivity contribution in [3.05, 3.63) is 71.8 Å². The molecule has 4 aromatic rings. The first-order valence-electron chi connectivity index (χ1n) is 14.4. The third-order valence-corrected chi connectivity index (χ3v) is 8.01. The van der Waals surface area contributed by atoms with Crippen molar-refractivity contribution >= 4 is 22.8 Å². The number of anilines is 1. The number of nitriles is 1. The van der Waals surface area contributed by atoms with Crippen LogP contribution in [0.3, 0.4) is 0 Å². The van der Waals surface area contributed by atoms with E-state index in [4.69, 9.17) is 10.5 Å². The highest BCUT2D eigenvalue weighted by Crippen LogP contribution is 2.35. The van der Waals surface area contributed by atoms with Crippen LogP contribution < -0.4 is 15.8 Å². The second-order valence-electron chi connectivity index (χ2n) is 10.9. The van der Waals surface area contributed by atoms with Crippen LogP contribution in [0.4, 0.5) is 19.0 Å². The monoisotopic (exact) mass is 602 g/mol. The zero-order valence-electron chi connectivity index (χ0n) is 23.6. The van der Waals surface area contributed by atoms with Gasteiger partial charge in [0.1, 0.15) is 41.0 Å². The number of carbonyl (C=O) groups is 1. The van der Waals surface area contributed by atoms with E-state index in [0.29, 0.717) is 24.0 Å². The van der Waals surface area contributed by atoms with Crippen LogP contribution in [-0.2, 0) is 11.3 Å². The van der Waals surface area contributed by atoms with Gasteiger partial charge in [0.2, 0.25) is 5.82 Å². The number of likely N-dealkylation sites (tertiary alicyclic amines) is 1. The first-order valence-corrected chi connectivity index (χ1v) is 14.4. The van der Waals surface area contributed by atoms with Crippen molar-refractivity contribution in [1.82, 2.24) is 30.0 Å². The predicted molar refractivity (Wildman–Crippen MR) is 156 cm³/mol. The Kier molecular flexibility index (Phi) is 8.17. The number of piperidine rings is 1. The van der Waals surface area contributed by atoms with Crippen molar-refractivity contribution < 1.29 is 22.7 Å². The van der Waals surface area contributed by atoms with Crippen molar-refractivity contribution in [3.8, 4) is 28.8 Å². The number of nitrogens with zero attached hydrogens (tertiary/aromatic N) is 6. The van der Waals surface area contributed by atoms with Crippen molar-refractivity contribution in [2.45, 2.75) is 38.3 Å². The Morgan fingerprint density at radius 1 is 1.16 bits per heavy atom. The van der Waals surface area contributed by atoms with E-state index in [1.807, 2.05) is 0 Å². The van der Waals surface area contributed by atoms with Crippen LogP contribution in [0.1, 0.15) is 25.7 Å². The van der Waals surface area contributed by atoms with Gasteiger partial charge in [-0.25, -0.2) is 23.4 Å². The lowest BCUT2D eigenvalue weighted by atomic mass is 9.96. The molecule has 0 saturated carbocycles. The smallest absolute Gasteiger partial charge is 0.264 e. The van der Waals surface area contributed by atoms with E-state index in [9.17, 15) is 18.8 Å². The zero-order valence-corrected chi connectivity index (χ0v) is 23.6. The number of aromatic nitrogens is 4. The van der Waals surface area contributed by atoms with Crippen LogP contribution in [0.15, 0.2) is 54.4 Å². The number of benzene rings is 2. The number of fused-ring (bicyclic) bond motifs is 1. The van der Waals surface area contributed by atoms with Crippen molar-refractivity contribution in [2.75, 3.05) is 25.4 Å². The van der Waals surface area contributed by atoms with Crippen LogP contribution in [0.25, 0.3) is 22.3 Å². The minimum atomic E-state index is -1.19. The number of rotatable bonds is 7. The molecule has 1 unspecified atom stereocenters. The van der Waals surface area contributed by atoms with Crippen LogP contribution in [0.2, 0.25) is 0 Å².